The van der Waals surface area contributed by atoms with Gasteiger partial charge in [0.1, 0.15) is 6.04 Å². The zero-order valence-corrected chi connectivity index (χ0v) is 16.9. The van der Waals surface area contributed by atoms with E-state index in [0.29, 0.717) is 42.0 Å². The van der Waals surface area contributed by atoms with Crippen LogP contribution in [0.15, 0.2) is 48.5 Å². The quantitative estimate of drug-likeness (QED) is 0.658. The van der Waals surface area contributed by atoms with Gasteiger partial charge < -0.3 is 20.9 Å². The van der Waals surface area contributed by atoms with Gasteiger partial charge >= 0.3 is 6.03 Å². The predicted molar refractivity (Wildman–Crippen MR) is 115 cm³/mol. The van der Waals surface area contributed by atoms with E-state index >= 15 is 0 Å². The molecule has 0 aromatic heterocycles. The van der Waals surface area contributed by atoms with E-state index < -0.39 is 6.04 Å². The molecule has 156 valence electrons. The van der Waals surface area contributed by atoms with Crippen molar-refractivity contribution in [3.63, 3.8) is 0 Å². The van der Waals surface area contributed by atoms with Gasteiger partial charge in [0, 0.05) is 36.1 Å². The third kappa shape index (κ3) is 5.22. The number of nitrogens with one attached hydrogen (secondary N) is 3. The van der Waals surface area contributed by atoms with Crippen LogP contribution in [0, 0.1) is 0 Å². The monoisotopic (exact) mass is 408 g/mol. The molecule has 0 unspecified atom stereocenters. The molecule has 2 aromatic rings. The van der Waals surface area contributed by atoms with Crippen LogP contribution in [0.4, 0.5) is 21.9 Å². The van der Waals surface area contributed by atoms with Gasteiger partial charge in [0.15, 0.2) is 5.78 Å². The van der Waals surface area contributed by atoms with Crippen molar-refractivity contribution in [3.8, 4) is 0 Å². The second-order valence-electron chi connectivity index (χ2n) is 7.17. The molecule has 0 radical (unpaired) electrons. The van der Waals surface area contributed by atoms with Gasteiger partial charge in [0.25, 0.3) is 0 Å². The van der Waals surface area contributed by atoms with E-state index in [2.05, 4.69) is 16.0 Å². The van der Waals surface area contributed by atoms with Gasteiger partial charge in [0.05, 0.1) is 0 Å². The van der Waals surface area contributed by atoms with E-state index in [1.54, 1.807) is 48.5 Å². The summed E-state index contributed by atoms with van der Waals surface area (Å²) < 4.78 is 0. The van der Waals surface area contributed by atoms with E-state index in [1.807, 2.05) is 0 Å². The highest BCUT2D eigenvalue weighted by Gasteiger charge is 2.34. The van der Waals surface area contributed by atoms with Crippen LogP contribution in [0.1, 0.15) is 37.0 Å². The molecule has 3 N–H and O–H groups in total. The molecule has 0 spiro atoms. The standard InChI is InChI=1S/C22H24N4O4/c1-14(27)16-6-3-7-17(12-16)25-22(30)26-11-5-10-20(26)21(29)24-19-9-4-8-18(13-19)23-15(2)28/h3-4,6-9,12-13,20H,5,10-11H2,1-2H3,(H,23,28)(H,24,29)(H,25,30)/t20-/m0/s1. The Labute approximate surface area is 174 Å². The second kappa shape index (κ2) is 9.21. The number of hydrogen-bond donors (Lipinski definition) is 3. The zero-order chi connectivity index (χ0) is 21.7. The molecule has 0 aliphatic carbocycles. The van der Waals surface area contributed by atoms with Gasteiger partial charge in [-0.25, -0.2) is 4.79 Å². The third-order valence-corrected chi connectivity index (χ3v) is 4.79. The lowest BCUT2D eigenvalue weighted by atomic mass is 10.1. The summed E-state index contributed by atoms with van der Waals surface area (Å²) in [6, 6.07) is 12.5. The van der Waals surface area contributed by atoms with Gasteiger partial charge in [-0.15, -0.1) is 0 Å². The number of hydrogen-bond acceptors (Lipinski definition) is 4. The van der Waals surface area contributed by atoms with E-state index in [1.165, 1.54) is 18.7 Å². The largest absolute Gasteiger partial charge is 0.326 e. The Morgan fingerprint density at radius 3 is 2.17 bits per heavy atom. The van der Waals surface area contributed by atoms with Crippen LogP contribution in [-0.4, -0.2) is 41.1 Å². The van der Waals surface area contributed by atoms with Crippen LogP contribution >= 0.6 is 0 Å². The molecule has 8 nitrogen and oxygen atoms in total. The van der Waals surface area contributed by atoms with Gasteiger partial charge in [-0.2, -0.15) is 0 Å². The minimum Gasteiger partial charge on any atom is -0.326 e. The lowest BCUT2D eigenvalue weighted by Gasteiger charge is -2.24. The van der Waals surface area contributed by atoms with E-state index in [4.69, 9.17) is 0 Å². The van der Waals surface area contributed by atoms with Crippen molar-refractivity contribution in [1.29, 1.82) is 0 Å². The van der Waals surface area contributed by atoms with E-state index in [0.717, 1.165) is 0 Å². The number of anilines is 3. The molecule has 1 heterocycles. The van der Waals surface area contributed by atoms with E-state index in [-0.39, 0.29) is 23.6 Å². The van der Waals surface area contributed by atoms with Crippen molar-refractivity contribution in [3.05, 3.63) is 54.1 Å². The zero-order valence-electron chi connectivity index (χ0n) is 16.9. The molecule has 1 fully saturated rings. The van der Waals surface area contributed by atoms with Crippen molar-refractivity contribution >= 4 is 40.7 Å². The number of rotatable bonds is 5. The molecule has 0 saturated carbocycles. The summed E-state index contributed by atoms with van der Waals surface area (Å²) in [5.74, 6) is -0.586. The summed E-state index contributed by atoms with van der Waals surface area (Å²) in [5, 5.41) is 8.25. The van der Waals surface area contributed by atoms with Crippen molar-refractivity contribution in [2.24, 2.45) is 0 Å². The molecule has 8 heteroatoms. The van der Waals surface area contributed by atoms with Crippen molar-refractivity contribution < 1.29 is 19.2 Å². The number of benzene rings is 2. The fraction of sp³-hybridized carbons (Fsp3) is 0.273. The first-order valence-corrected chi connectivity index (χ1v) is 9.70. The average Bonchev–Trinajstić information content (AvgIpc) is 3.18. The van der Waals surface area contributed by atoms with Crippen molar-refractivity contribution in [1.82, 2.24) is 4.90 Å². The number of amides is 4. The van der Waals surface area contributed by atoms with Gasteiger partial charge in [0.2, 0.25) is 11.8 Å². The van der Waals surface area contributed by atoms with Crippen LogP contribution in [0.25, 0.3) is 0 Å². The summed E-state index contributed by atoms with van der Waals surface area (Å²) in [7, 11) is 0. The average molecular weight is 408 g/mol. The smallest absolute Gasteiger partial charge is 0.322 e. The first-order chi connectivity index (χ1) is 14.3. The number of ketones is 1. The fourth-order valence-corrected chi connectivity index (χ4v) is 3.40. The van der Waals surface area contributed by atoms with Crippen molar-refractivity contribution in [2.45, 2.75) is 32.7 Å². The highest BCUT2D eigenvalue weighted by atomic mass is 16.2. The Hall–Kier alpha value is -3.68. The molecule has 3 rings (SSSR count). The van der Waals surface area contributed by atoms with Crippen LogP contribution in [0.3, 0.4) is 0 Å². The maximum Gasteiger partial charge on any atom is 0.322 e. The fourth-order valence-electron chi connectivity index (χ4n) is 3.40. The van der Waals surface area contributed by atoms with Gasteiger partial charge in [-0.05, 0) is 50.1 Å². The Morgan fingerprint density at radius 1 is 0.867 bits per heavy atom. The Kier molecular flexibility index (Phi) is 6.46. The molecule has 1 aliphatic rings. The molecule has 4 amide bonds. The van der Waals surface area contributed by atoms with E-state index in [9.17, 15) is 19.2 Å². The number of likely N-dealkylation sites (tertiary alicyclic amines) is 1. The third-order valence-electron chi connectivity index (χ3n) is 4.79. The first-order valence-electron chi connectivity index (χ1n) is 9.70. The minimum atomic E-state index is -0.606. The topological polar surface area (TPSA) is 108 Å². The second-order valence-corrected chi connectivity index (χ2v) is 7.17. The number of carbonyl (C=O) groups excluding carboxylic acids is 4. The Balaban J connectivity index is 1.67. The molecule has 1 aliphatic heterocycles. The number of Topliss-reactive ketones (excluding diaryl/α,β-unsaturated/α-hetero) is 1. The lowest BCUT2D eigenvalue weighted by Crippen LogP contribution is -2.45. The first kappa shape index (κ1) is 21.0. The predicted octanol–water partition coefficient (Wildman–Crippen LogP) is 3.48. The molecule has 1 saturated heterocycles. The highest BCUT2D eigenvalue weighted by Crippen LogP contribution is 2.22. The maximum atomic E-state index is 12.8. The number of carbonyl (C=O) groups is 4. The summed E-state index contributed by atoms with van der Waals surface area (Å²) in [4.78, 5) is 49.8. The summed E-state index contributed by atoms with van der Waals surface area (Å²) in [5.41, 5.74) is 2.11. The molecule has 1 atom stereocenters. The van der Waals surface area contributed by atoms with Gasteiger partial charge in [-0.3, -0.25) is 14.4 Å². The molecule has 2 aromatic carbocycles. The number of nitrogens with zero attached hydrogens (tertiary/aromatic N) is 1. The van der Waals surface area contributed by atoms with Crippen LogP contribution in [-0.2, 0) is 9.59 Å². The summed E-state index contributed by atoms with van der Waals surface area (Å²) in [6.07, 6.45) is 1.27. The van der Waals surface area contributed by atoms with Crippen molar-refractivity contribution in [2.75, 3.05) is 22.5 Å². The molecule has 30 heavy (non-hydrogen) atoms. The van der Waals surface area contributed by atoms with Crippen LogP contribution < -0.4 is 16.0 Å². The van der Waals surface area contributed by atoms with Crippen LogP contribution in [0.2, 0.25) is 0 Å². The Morgan fingerprint density at radius 2 is 1.50 bits per heavy atom. The van der Waals surface area contributed by atoms with Gasteiger partial charge in [-0.1, -0.05) is 18.2 Å². The molecule has 0 bridgehead atoms. The molecular weight excluding hydrogens is 384 g/mol. The maximum absolute atomic E-state index is 12.8. The minimum absolute atomic E-state index is 0.0916. The summed E-state index contributed by atoms with van der Waals surface area (Å²) >= 11 is 0. The Bertz CT molecular complexity index is 989. The normalized spacial score (nSPS) is 15.4. The molecular formula is C22H24N4O4. The highest BCUT2D eigenvalue weighted by molar-refractivity contribution is 6.01. The number of urea groups is 1. The summed E-state index contributed by atoms with van der Waals surface area (Å²) in [6.45, 7) is 3.33. The SMILES string of the molecule is CC(=O)Nc1cccc(NC(=O)[C@@H]2CCCN2C(=O)Nc2cccc(C(C)=O)c2)c1. The lowest BCUT2D eigenvalue weighted by molar-refractivity contribution is -0.119. The van der Waals surface area contributed by atoms with Crippen LogP contribution in [0.5, 0.6) is 0 Å².